The Morgan fingerprint density at radius 2 is 2.25 bits per heavy atom. The summed E-state index contributed by atoms with van der Waals surface area (Å²) in [4.78, 5) is 10.8. The fourth-order valence-corrected chi connectivity index (χ4v) is 1.86. The van der Waals surface area contributed by atoms with Crippen LogP contribution in [0.2, 0.25) is 0 Å². The molecule has 0 aromatic heterocycles. The third kappa shape index (κ3) is 2.98. The lowest BCUT2D eigenvalue weighted by molar-refractivity contribution is 0.112. The molecule has 0 radical (unpaired) electrons. The molecule has 0 saturated carbocycles. The molecule has 0 N–H and O–H groups in total. The molecule has 0 amide bonds. The molecule has 1 rings (SSSR count). The number of ether oxygens (including phenoxy) is 2. The number of aldehydes is 1. The van der Waals surface area contributed by atoms with Crippen LogP contribution in [-0.2, 0) is 0 Å². The Hall–Kier alpha value is -1.04. The molecule has 0 spiro atoms. The van der Waals surface area contributed by atoms with Crippen LogP contribution in [0.25, 0.3) is 0 Å². The fourth-order valence-electron chi connectivity index (χ4n) is 1.14. The average molecular weight is 332 g/mol. The zero-order valence-electron chi connectivity index (χ0n) is 9.25. The van der Waals surface area contributed by atoms with Crippen molar-refractivity contribution in [1.82, 2.24) is 0 Å². The minimum Gasteiger partial charge on any atom is -0.493 e. The molecule has 0 saturated heterocycles. The molecule has 0 aliphatic carbocycles. The minimum atomic E-state index is 0.411. The van der Waals surface area contributed by atoms with Gasteiger partial charge in [0.25, 0.3) is 0 Å². The zero-order valence-corrected chi connectivity index (χ0v) is 11.4. The van der Waals surface area contributed by atoms with Gasteiger partial charge in [0.15, 0.2) is 17.8 Å². The van der Waals surface area contributed by atoms with Crippen LogP contribution in [0.4, 0.5) is 0 Å². The maximum atomic E-state index is 10.8. The van der Waals surface area contributed by atoms with Crippen LogP contribution in [0, 0.1) is 3.57 Å². The van der Waals surface area contributed by atoms with E-state index < -0.39 is 0 Å². The summed E-state index contributed by atoms with van der Waals surface area (Å²) >= 11 is 2.07. The van der Waals surface area contributed by atoms with E-state index in [4.69, 9.17) is 9.47 Å². The van der Waals surface area contributed by atoms with E-state index in [1.54, 1.807) is 19.2 Å². The Balaban J connectivity index is 3.10. The van der Waals surface area contributed by atoms with Crippen molar-refractivity contribution in [3.63, 3.8) is 0 Å². The largest absolute Gasteiger partial charge is 0.493 e. The molecular weight excluding hydrogens is 319 g/mol. The van der Waals surface area contributed by atoms with Gasteiger partial charge in [-0.15, -0.1) is 0 Å². The van der Waals surface area contributed by atoms with E-state index in [0.29, 0.717) is 23.7 Å². The molecule has 0 unspecified atom stereocenters. The van der Waals surface area contributed by atoms with Crippen molar-refractivity contribution < 1.29 is 14.3 Å². The van der Waals surface area contributed by atoms with Gasteiger partial charge in [-0.1, -0.05) is 6.58 Å². The van der Waals surface area contributed by atoms with Gasteiger partial charge in [-0.05, 0) is 47.2 Å². The van der Waals surface area contributed by atoms with E-state index >= 15 is 0 Å². The highest BCUT2D eigenvalue weighted by Gasteiger charge is 2.12. The lowest BCUT2D eigenvalue weighted by Crippen LogP contribution is -2.03. The smallest absolute Gasteiger partial charge is 0.175 e. The molecule has 16 heavy (non-hydrogen) atoms. The van der Waals surface area contributed by atoms with Gasteiger partial charge < -0.3 is 9.47 Å². The first kappa shape index (κ1) is 13.0. The number of carbonyl (C=O) groups is 1. The van der Waals surface area contributed by atoms with Gasteiger partial charge in [-0.3, -0.25) is 4.79 Å². The molecular formula is C12H13IO3. The van der Waals surface area contributed by atoms with Gasteiger partial charge >= 0.3 is 0 Å². The topological polar surface area (TPSA) is 35.5 Å². The average Bonchev–Trinajstić information content (AvgIpc) is 2.26. The van der Waals surface area contributed by atoms with Crippen molar-refractivity contribution in [2.75, 3.05) is 13.7 Å². The molecule has 86 valence electrons. The van der Waals surface area contributed by atoms with Crippen LogP contribution in [0.1, 0.15) is 17.3 Å². The second-order valence-electron chi connectivity index (χ2n) is 3.36. The zero-order chi connectivity index (χ0) is 12.1. The quantitative estimate of drug-likeness (QED) is 0.472. The first-order valence-electron chi connectivity index (χ1n) is 4.69. The van der Waals surface area contributed by atoms with Crippen LogP contribution in [0.3, 0.4) is 0 Å². The summed E-state index contributed by atoms with van der Waals surface area (Å²) in [6, 6.07) is 3.43. The summed E-state index contributed by atoms with van der Waals surface area (Å²) in [6.07, 6.45) is 0.800. The Bertz CT molecular complexity index is 413. The van der Waals surface area contributed by atoms with Gasteiger partial charge in [0, 0.05) is 5.56 Å². The van der Waals surface area contributed by atoms with E-state index in [0.717, 1.165) is 15.4 Å². The first-order valence-corrected chi connectivity index (χ1v) is 5.77. The van der Waals surface area contributed by atoms with Crippen LogP contribution < -0.4 is 9.47 Å². The second kappa shape index (κ2) is 5.89. The first-order chi connectivity index (χ1) is 7.60. The number of rotatable bonds is 5. The molecule has 1 aromatic rings. The predicted octanol–water partition coefficient (Wildman–Crippen LogP) is 3.07. The van der Waals surface area contributed by atoms with Gasteiger partial charge in [0.2, 0.25) is 0 Å². The van der Waals surface area contributed by atoms with Gasteiger partial charge in [-0.2, -0.15) is 0 Å². The summed E-state index contributed by atoms with van der Waals surface area (Å²) in [5.74, 6) is 1.21. The Morgan fingerprint density at radius 1 is 1.56 bits per heavy atom. The van der Waals surface area contributed by atoms with Crippen LogP contribution in [-0.4, -0.2) is 20.0 Å². The standard InChI is InChI=1S/C12H13IO3/c1-8(2)7-16-12-10(15-3)5-4-9(6-14)11(12)13/h4-6H,1,7H2,2-3H3. The normalized spacial score (nSPS) is 9.69. The number of methoxy groups -OCH3 is 1. The van der Waals surface area contributed by atoms with Crippen LogP contribution in [0.15, 0.2) is 24.3 Å². The maximum Gasteiger partial charge on any atom is 0.175 e. The van der Waals surface area contributed by atoms with Gasteiger partial charge in [0.05, 0.1) is 10.7 Å². The van der Waals surface area contributed by atoms with E-state index in [9.17, 15) is 4.79 Å². The third-order valence-corrected chi connectivity index (χ3v) is 3.01. The number of hydrogen-bond donors (Lipinski definition) is 0. The highest BCUT2D eigenvalue weighted by atomic mass is 127. The highest BCUT2D eigenvalue weighted by Crippen LogP contribution is 2.34. The number of benzene rings is 1. The van der Waals surface area contributed by atoms with Crippen LogP contribution >= 0.6 is 22.6 Å². The van der Waals surface area contributed by atoms with E-state index in [-0.39, 0.29) is 0 Å². The Morgan fingerprint density at radius 3 is 2.75 bits per heavy atom. The number of hydrogen-bond acceptors (Lipinski definition) is 3. The third-order valence-electron chi connectivity index (χ3n) is 1.90. The van der Waals surface area contributed by atoms with E-state index in [1.807, 2.05) is 6.92 Å². The summed E-state index contributed by atoms with van der Waals surface area (Å²) in [5, 5.41) is 0. The summed E-state index contributed by atoms with van der Waals surface area (Å²) in [6.45, 7) is 6.05. The summed E-state index contributed by atoms with van der Waals surface area (Å²) in [5.41, 5.74) is 1.51. The van der Waals surface area contributed by atoms with E-state index in [1.165, 1.54) is 0 Å². The second-order valence-corrected chi connectivity index (χ2v) is 4.44. The summed E-state index contributed by atoms with van der Waals surface area (Å²) < 4.78 is 11.5. The summed E-state index contributed by atoms with van der Waals surface area (Å²) in [7, 11) is 1.57. The van der Waals surface area contributed by atoms with Crippen molar-refractivity contribution >= 4 is 28.9 Å². The van der Waals surface area contributed by atoms with Crippen molar-refractivity contribution in [2.24, 2.45) is 0 Å². The van der Waals surface area contributed by atoms with Crippen molar-refractivity contribution in [3.05, 3.63) is 33.4 Å². The Labute approximate surface area is 109 Å². The predicted molar refractivity (Wildman–Crippen MR) is 71.4 cm³/mol. The monoisotopic (exact) mass is 332 g/mol. The Kier molecular flexibility index (Phi) is 4.79. The molecule has 0 aliphatic heterocycles. The molecule has 0 atom stereocenters. The molecule has 1 aromatic carbocycles. The lowest BCUT2D eigenvalue weighted by atomic mass is 10.2. The van der Waals surface area contributed by atoms with Crippen LogP contribution in [0.5, 0.6) is 11.5 Å². The molecule has 3 nitrogen and oxygen atoms in total. The maximum absolute atomic E-state index is 10.8. The lowest BCUT2D eigenvalue weighted by Gasteiger charge is -2.13. The molecule has 0 aliphatic rings. The van der Waals surface area contributed by atoms with Crippen molar-refractivity contribution in [1.29, 1.82) is 0 Å². The fraction of sp³-hybridized carbons (Fsp3) is 0.250. The molecule has 0 heterocycles. The number of halogens is 1. The molecule has 4 heteroatoms. The van der Waals surface area contributed by atoms with Crippen molar-refractivity contribution in [3.8, 4) is 11.5 Å². The van der Waals surface area contributed by atoms with E-state index in [2.05, 4.69) is 29.2 Å². The van der Waals surface area contributed by atoms with Gasteiger partial charge in [0.1, 0.15) is 6.61 Å². The number of carbonyl (C=O) groups excluding carboxylic acids is 1. The van der Waals surface area contributed by atoms with Crippen molar-refractivity contribution in [2.45, 2.75) is 6.92 Å². The SMILES string of the molecule is C=C(C)COc1c(OC)ccc(C=O)c1I. The molecule has 0 fully saturated rings. The highest BCUT2D eigenvalue weighted by molar-refractivity contribution is 14.1. The van der Waals surface area contributed by atoms with Gasteiger partial charge in [-0.25, -0.2) is 0 Å². The minimum absolute atomic E-state index is 0.411. The molecule has 0 bridgehead atoms.